The van der Waals surface area contributed by atoms with Gasteiger partial charge in [0.25, 0.3) is 0 Å². The number of halogens is 1. The average molecular weight is 291 g/mol. The van der Waals surface area contributed by atoms with E-state index in [-0.39, 0.29) is 10.6 Å². The molecule has 0 aliphatic carbocycles. The zero-order valence-corrected chi connectivity index (χ0v) is 12.4. The standard InChI is InChI=1S/C12H19ClN2O2S/c1-4-12(3,5-2)15-18(16,17)11-7-6-9(13)8-10(11)14/h6-8,15H,4-5,14H2,1-3H3. The van der Waals surface area contributed by atoms with Crippen molar-refractivity contribution in [3.05, 3.63) is 23.2 Å². The molecule has 0 aliphatic rings. The highest BCUT2D eigenvalue weighted by atomic mass is 35.5. The molecule has 18 heavy (non-hydrogen) atoms. The van der Waals surface area contributed by atoms with Crippen LogP contribution in [0.3, 0.4) is 0 Å². The molecule has 0 saturated heterocycles. The van der Waals surface area contributed by atoms with Gasteiger partial charge in [-0.15, -0.1) is 0 Å². The Morgan fingerprint density at radius 2 is 1.89 bits per heavy atom. The number of nitrogens with one attached hydrogen (secondary N) is 1. The summed E-state index contributed by atoms with van der Waals surface area (Å²) in [6.45, 7) is 5.76. The lowest BCUT2D eigenvalue weighted by Crippen LogP contribution is -2.44. The predicted octanol–water partition coefficient (Wildman–Crippen LogP) is 2.78. The Bertz CT molecular complexity index is 525. The molecule has 0 atom stereocenters. The van der Waals surface area contributed by atoms with Gasteiger partial charge in [0.1, 0.15) is 4.90 Å². The number of nitrogen functional groups attached to an aromatic ring is 1. The zero-order valence-electron chi connectivity index (χ0n) is 10.8. The SMILES string of the molecule is CCC(C)(CC)NS(=O)(=O)c1ccc(Cl)cc1N. The molecule has 1 rings (SSSR count). The molecule has 0 bridgehead atoms. The fourth-order valence-corrected chi connectivity index (χ4v) is 3.38. The Balaban J connectivity index is 3.15. The summed E-state index contributed by atoms with van der Waals surface area (Å²) < 4.78 is 27.2. The summed E-state index contributed by atoms with van der Waals surface area (Å²) in [5, 5.41) is 0.417. The van der Waals surface area contributed by atoms with E-state index in [2.05, 4.69) is 4.72 Å². The monoisotopic (exact) mass is 290 g/mol. The van der Waals surface area contributed by atoms with Crippen LogP contribution in [-0.2, 0) is 10.0 Å². The van der Waals surface area contributed by atoms with Crippen LogP contribution in [0.5, 0.6) is 0 Å². The van der Waals surface area contributed by atoms with Gasteiger partial charge in [-0.05, 0) is 38.0 Å². The summed E-state index contributed by atoms with van der Waals surface area (Å²) in [6.07, 6.45) is 1.41. The van der Waals surface area contributed by atoms with Crippen LogP contribution in [0, 0.1) is 0 Å². The number of hydrogen-bond donors (Lipinski definition) is 2. The maximum Gasteiger partial charge on any atom is 0.243 e. The minimum atomic E-state index is -3.62. The van der Waals surface area contributed by atoms with Crippen LogP contribution in [-0.4, -0.2) is 14.0 Å². The number of hydrogen-bond acceptors (Lipinski definition) is 3. The fraction of sp³-hybridized carbons (Fsp3) is 0.500. The van der Waals surface area contributed by atoms with Crippen molar-refractivity contribution in [1.82, 2.24) is 4.72 Å². The van der Waals surface area contributed by atoms with Crippen molar-refractivity contribution in [3.8, 4) is 0 Å². The second-order valence-corrected chi connectivity index (χ2v) is 6.64. The van der Waals surface area contributed by atoms with E-state index < -0.39 is 15.6 Å². The topological polar surface area (TPSA) is 72.2 Å². The second kappa shape index (κ2) is 5.47. The second-order valence-electron chi connectivity index (χ2n) is 4.56. The fourth-order valence-electron chi connectivity index (χ4n) is 1.54. The molecule has 0 radical (unpaired) electrons. The molecule has 4 nitrogen and oxygen atoms in total. The van der Waals surface area contributed by atoms with Crippen molar-refractivity contribution in [2.24, 2.45) is 0 Å². The molecule has 0 amide bonds. The van der Waals surface area contributed by atoms with E-state index in [1.54, 1.807) is 0 Å². The van der Waals surface area contributed by atoms with Crippen molar-refractivity contribution < 1.29 is 8.42 Å². The first-order chi connectivity index (χ1) is 8.24. The number of nitrogens with two attached hydrogens (primary N) is 1. The molecule has 0 saturated carbocycles. The zero-order chi connectivity index (χ0) is 14.0. The molecular formula is C12H19ClN2O2S. The Kier molecular flexibility index (Phi) is 4.64. The summed E-state index contributed by atoms with van der Waals surface area (Å²) in [7, 11) is -3.62. The van der Waals surface area contributed by atoms with Gasteiger partial charge in [-0.2, -0.15) is 0 Å². The number of benzene rings is 1. The van der Waals surface area contributed by atoms with E-state index in [9.17, 15) is 8.42 Å². The van der Waals surface area contributed by atoms with Crippen LogP contribution in [0.25, 0.3) is 0 Å². The normalized spacial score (nSPS) is 12.7. The van der Waals surface area contributed by atoms with Crippen molar-refractivity contribution in [3.63, 3.8) is 0 Å². The molecule has 0 spiro atoms. The van der Waals surface area contributed by atoms with Gasteiger partial charge in [0.05, 0.1) is 5.69 Å². The maximum absolute atomic E-state index is 12.3. The average Bonchev–Trinajstić information content (AvgIpc) is 2.27. The molecule has 0 unspecified atom stereocenters. The Morgan fingerprint density at radius 1 is 1.33 bits per heavy atom. The highest BCUT2D eigenvalue weighted by Gasteiger charge is 2.28. The molecule has 0 heterocycles. The number of sulfonamides is 1. The third kappa shape index (κ3) is 3.37. The van der Waals surface area contributed by atoms with E-state index in [0.29, 0.717) is 17.9 Å². The van der Waals surface area contributed by atoms with E-state index in [4.69, 9.17) is 17.3 Å². The molecule has 3 N–H and O–H groups in total. The van der Waals surface area contributed by atoms with Gasteiger partial charge in [0.2, 0.25) is 10.0 Å². The summed E-state index contributed by atoms with van der Waals surface area (Å²) in [5.74, 6) is 0. The lowest BCUT2D eigenvalue weighted by Gasteiger charge is -2.28. The largest absolute Gasteiger partial charge is 0.398 e. The van der Waals surface area contributed by atoms with E-state index in [1.807, 2.05) is 20.8 Å². The van der Waals surface area contributed by atoms with Gasteiger partial charge in [-0.1, -0.05) is 25.4 Å². The molecule has 1 aromatic rings. The molecule has 102 valence electrons. The van der Waals surface area contributed by atoms with Gasteiger partial charge < -0.3 is 5.73 Å². The summed E-state index contributed by atoms with van der Waals surface area (Å²) >= 11 is 5.76. The lowest BCUT2D eigenvalue weighted by atomic mass is 9.98. The highest BCUT2D eigenvalue weighted by molar-refractivity contribution is 7.89. The van der Waals surface area contributed by atoms with Crippen molar-refractivity contribution >= 4 is 27.3 Å². The van der Waals surface area contributed by atoms with E-state index in [1.165, 1.54) is 18.2 Å². The van der Waals surface area contributed by atoms with Crippen LogP contribution >= 0.6 is 11.6 Å². The van der Waals surface area contributed by atoms with Crippen LogP contribution < -0.4 is 10.5 Å². The predicted molar refractivity (Wildman–Crippen MR) is 75.2 cm³/mol. The number of anilines is 1. The highest BCUT2D eigenvalue weighted by Crippen LogP contribution is 2.25. The van der Waals surface area contributed by atoms with Crippen LogP contribution in [0.4, 0.5) is 5.69 Å². The molecular weight excluding hydrogens is 272 g/mol. The third-order valence-corrected chi connectivity index (χ3v) is 5.15. The summed E-state index contributed by atoms with van der Waals surface area (Å²) in [4.78, 5) is 0.0695. The molecule has 0 fully saturated rings. The summed E-state index contributed by atoms with van der Waals surface area (Å²) in [5.41, 5.74) is 5.40. The van der Waals surface area contributed by atoms with Crippen molar-refractivity contribution in [2.75, 3.05) is 5.73 Å². The first kappa shape index (κ1) is 15.3. The van der Waals surface area contributed by atoms with Crippen molar-refractivity contribution in [1.29, 1.82) is 0 Å². The minimum Gasteiger partial charge on any atom is -0.398 e. The molecule has 6 heteroatoms. The van der Waals surface area contributed by atoms with Gasteiger partial charge in [0.15, 0.2) is 0 Å². The molecule has 1 aromatic carbocycles. The Labute approximate surface area is 114 Å². The van der Waals surface area contributed by atoms with Gasteiger partial charge in [-0.3, -0.25) is 0 Å². The maximum atomic E-state index is 12.3. The first-order valence-corrected chi connectivity index (χ1v) is 7.69. The lowest BCUT2D eigenvalue weighted by molar-refractivity contribution is 0.389. The van der Waals surface area contributed by atoms with Crippen LogP contribution in [0.1, 0.15) is 33.6 Å². The summed E-state index contributed by atoms with van der Waals surface area (Å²) in [6, 6.07) is 4.37. The van der Waals surface area contributed by atoms with Crippen molar-refractivity contribution in [2.45, 2.75) is 44.0 Å². The van der Waals surface area contributed by atoms with Gasteiger partial charge >= 0.3 is 0 Å². The quantitative estimate of drug-likeness (QED) is 0.819. The van der Waals surface area contributed by atoms with Gasteiger partial charge in [-0.25, -0.2) is 13.1 Å². The smallest absolute Gasteiger partial charge is 0.243 e. The Hall–Kier alpha value is -0.780. The Morgan fingerprint density at radius 3 is 2.33 bits per heavy atom. The third-order valence-electron chi connectivity index (χ3n) is 3.20. The van der Waals surface area contributed by atoms with Gasteiger partial charge in [0, 0.05) is 10.6 Å². The first-order valence-electron chi connectivity index (χ1n) is 5.83. The minimum absolute atomic E-state index is 0.0695. The molecule has 0 aromatic heterocycles. The van der Waals surface area contributed by atoms with E-state index in [0.717, 1.165) is 0 Å². The van der Waals surface area contributed by atoms with Crippen LogP contribution in [0.15, 0.2) is 23.1 Å². The van der Waals surface area contributed by atoms with Crippen LogP contribution in [0.2, 0.25) is 5.02 Å². The van der Waals surface area contributed by atoms with E-state index >= 15 is 0 Å². The molecule has 0 aliphatic heterocycles. The number of rotatable bonds is 5.